The Morgan fingerprint density at radius 3 is 2.76 bits per heavy atom. The molecular weight excluding hydrogens is 264 g/mol. The summed E-state index contributed by atoms with van der Waals surface area (Å²) < 4.78 is 5.88. The van der Waals surface area contributed by atoms with Gasteiger partial charge in [-0.2, -0.15) is 0 Å². The molecule has 1 aliphatic carbocycles. The zero-order chi connectivity index (χ0) is 15.0. The number of nitrogens with zero attached hydrogens (tertiary/aromatic N) is 1. The molecule has 1 saturated carbocycles. The van der Waals surface area contributed by atoms with Gasteiger partial charge in [0.15, 0.2) is 0 Å². The molecule has 1 aliphatic heterocycles. The van der Waals surface area contributed by atoms with Crippen molar-refractivity contribution in [2.45, 2.75) is 38.3 Å². The first kappa shape index (κ1) is 14.5. The maximum Gasteiger partial charge on any atom is 0.242 e. The van der Waals surface area contributed by atoms with Gasteiger partial charge in [-0.1, -0.05) is 24.3 Å². The van der Waals surface area contributed by atoms with Crippen LogP contribution in [-0.2, 0) is 9.53 Å². The molecule has 2 N–H and O–H groups in total. The highest BCUT2D eigenvalue weighted by Gasteiger charge is 2.46. The summed E-state index contributed by atoms with van der Waals surface area (Å²) in [7, 11) is 0. The normalized spacial score (nSPS) is 25.5. The predicted molar refractivity (Wildman–Crippen MR) is 81.8 cm³/mol. The number of morpholine rings is 1. The second kappa shape index (κ2) is 5.43. The summed E-state index contributed by atoms with van der Waals surface area (Å²) in [5.74, 6) is 0.427. The molecule has 1 aromatic carbocycles. The Balaban J connectivity index is 1.74. The molecule has 1 saturated heterocycles. The quantitative estimate of drug-likeness (QED) is 0.926. The Bertz CT molecular complexity index is 537. The molecule has 4 heteroatoms. The number of carbonyl (C=O) groups is 1. The molecule has 114 valence electrons. The van der Waals surface area contributed by atoms with Crippen molar-refractivity contribution in [3.8, 4) is 0 Å². The SMILES string of the molecule is Cc1ccccc1[C@@H]1CN(C(=O)[C@@](C)(N)C2CC2)CCO1. The van der Waals surface area contributed by atoms with Crippen LogP contribution in [0.15, 0.2) is 24.3 Å². The number of benzene rings is 1. The number of hydrogen-bond acceptors (Lipinski definition) is 3. The van der Waals surface area contributed by atoms with E-state index < -0.39 is 5.54 Å². The number of rotatable bonds is 3. The van der Waals surface area contributed by atoms with E-state index in [2.05, 4.69) is 19.1 Å². The van der Waals surface area contributed by atoms with Gasteiger partial charge < -0.3 is 15.4 Å². The number of aryl methyl sites for hydroxylation is 1. The van der Waals surface area contributed by atoms with Gasteiger partial charge in [-0.15, -0.1) is 0 Å². The van der Waals surface area contributed by atoms with Crippen LogP contribution in [0.25, 0.3) is 0 Å². The molecule has 2 fully saturated rings. The van der Waals surface area contributed by atoms with E-state index in [0.717, 1.165) is 12.8 Å². The number of hydrogen-bond donors (Lipinski definition) is 1. The Labute approximate surface area is 126 Å². The third-order valence-electron chi connectivity index (χ3n) is 4.78. The minimum atomic E-state index is -0.715. The highest BCUT2D eigenvalue weighted by atomic mass is 16.5. The van der Waals surface area contributed by atoms with Crippen LogP contribution in [0, 0.1) is 12.8 Å². The summed E-state index contributed by atoms with van der Waals surface area (Å²) in [5.41, 5.74) is 7.93. The Kier molecular flexibility index (Phi) is 3.76. The van der Waals surface area contributed by atoms with Gasteiger partial charge in [0, 0.05) is 6.54 Å². The van der Waals surface area contributed by atoms with Crippen LogP contribution >= 0.6 is 0 Å². The molecule has 2 atom stereocenters. The Morgan fingerprint density at radius 1 is 1.38 bits per heavy atom. The van der Waals surface area contributed by atoms with Gasteiger partial charge in [0.05, 0.1) is 18.7 Å². The maximum absolute atomic E-state index is 12.7. The van der Waals surface area contributed by atoms with Crippen LogP contribution in [0.2, 0.25) is 0 Å². The fourth-order valence-electron chi connectivity index (χ4n) is 3.17. The van der Waals surface area contributed by atoms with Gasteiger partial charge in [0.1, 0.15) is 6.10 Å². The number of amides is 1. The highest BCUT2D eigenvalue weighted by molar-refractivity contribution is 5.86. The minimum Gasteiger partial charge on any atom is -0.370 e. The van der Waals surface area contributed by atoms with E-state index in [0.29, 0.717) is 25.6 Å². The van der Waals surface area contributed by atoms with Crippen molar-refractivity contribution in [3.63, 3.8) is 0 Å². The first-order valence-corrected chi connectivity index (χ1v) is 7.75. The fourth-order valence-corrected chi connectivity index (χ4v) is 3.17. The van der Waals surface area contributed by atoms with Crippen molar-refractivity contribution in [1.29, 1.82) is 0 Å². The lowest BCUT2D eigenvalue weighted by Crippen LogP contribution is -2.57. The summed E-state index contributed by atoms with van der Waals surface area (Å²) in [6.07, 6.45) is 2.10. The molecule has 3 rings (SSSR count). The van der Waals surface area contributed by atoms with Gasteiger partial charge in [-0.05, 0) is 43.7 Å². The zero-order valence-corrected chi connectivity index (χ0v) is 12.8. The molecule has 1 heterocycles. The van der Waals surface area contributed by atoms with Gasteiger partial charge in [-0.25, -0.2) is 0 Å². The standard InChI is InChI=1S/C17H24N2O2/c1-12-5-3-4-6-14(12)15-11-19(9-10-21-15)16(20)17(2,18)13-7-8-13/h3-6,13,15H,7-11,18H2,1-2H3/t15-,17-/m0/s1. The van der Waals surface area contributed by atoms with Gasteiger partial charge >= 0.3 is 0 Å². The lowest BCUT2D eigenvalue weighted by Gasteiger charge is -2.38. The number of nitrogens with two attached hydrogens (primary N) is 1. The van der Waals surface area contributed by atoms with E-state index in [1.54, 1.807) is 0 Å². The monoisotopic (exact) mass is 288 g/mol. The molecule has 0 radical (unpaired) electrons. The average molecular weight is 288 g/mol. The second-order valence-electron chi connectivity index (χ2n) is 6.52. The third kappa shape index (κ3) is 2.83. The molecule has 0 aromatic heterocycles. The molecule has 2 aliphatic rings. The third-order valence-corrected chi connectivity index (χ3v) is 4.78. The van der Waals surface area contributed by atoms with Crippen molar-refractivity contribution in [1.82, 2.24) is 4.90 Å². The number of ether oxygens (including phenoxy) is 1. The molecule has 0 spiro atoms. The van der Waals surface area contributed by atoms with Gasteiger partial charge in [0.25, 0.3) is 0 Å². The van der Waals surface area contributed by atoms with Crippen molar-refractivity contribution in [3.05, 3.63) is 35.4 Å². The molecule has 4 nitrogen and oxygen atoms in total. The van der Waals surface area contributed by atoms with E-state index >= 15 is 0 Å². The van der Waals surface area contributed by atoms with Crippen LogP contribution in [0.1, 0.15) is 37.0 Å². The first-order valence-electron chi connectivity index (χ1n) is 7.75. The van der Waals surface area contributed by atoms with E-state index in [1.807, 2.05) is 24.0 Å². The molecule has 1 aromatic rings. The lowest BCUT2D eigenvalue weighted by molar-refractivity contribution is -0.145. The van der Waals surface area contributed by atoms with Crippen molar-refractivity contribution < 1.29 is 9.53 Å². The molecule has 0 unspecified atom stereocenters. The van der Waals surface area contributed by atoms with E-state index in [4.69, 9.17) is 10.5 Å². The topological polar surface area (TPSA) is 55.6 Å². The predicted octanol–water partition coefficient (Wildman–Crippen LogP) is 2.02. The van der Waals surface area contributed by atoms with Crippen LogP contribution in [0.3, 0.4) is 0 Å². The minimum absolute atomic E-state index is 0.0427. The van der Waals surface area contributed by atoms with Crippen molar-refractivity contribution in [2.24, 2.45) is 11.7 Å². The summed E-state index contributed by atoms with van der Waals surface area (Å²) in [6.45, 7) is 5.78. The highest BCUT2D eigenvalue weighted by Crippen LogP contribution is 2.39. The summed E-state index contributed by atoms with van der Waals surface area (Å²) in [4.78, 5) is 14.6. The van der Waals surface area contributed by atoms with Crippen LogP contribution < -0.4 is 5.73 Å². The smallest absolute Gasteiger partial charge is 0.242 e. The van der Waals surface area contributed by atoms with E-state index in [9.17, 15) is 4.79 Å². The van der Waals surface area contributed by atoms with E-state index in [-0.39, 0.29) is 12.0 Å². The molecular formula is C17H24N2O2. The number of carbonyl (C=O) groups excluding carboxylic acids is 1. The van der Waals surface area contributed by atoms with Crippen molar-refractivity contribution >= 4 is 5.91 Å². The molecule has 0 bridgehead atoms. The second-order valence-corrected chi connectivity index (χ2v) is 6.52. The Morgan fingerprint density at radius 2 is 2.10 bits per heavy atom. The fraction of sp³-hybridized carbons (Fsp3) is 0.588. The van der Waals surface area contributed by atoms with Crippen molar-refractivity contribution in [2.75, 3.05) is 19.7 Å². The van der Waals surface area contributed by atoms with E-state index in [1.165, 1.54) is 11.1 Å². The lowest BCUT2D eigenvalue weighted by atomic mass is 9.94. The summed E-state index contributed by atoms with van der Waals surface area (Å²) >= 11 is 0. The Hall–Kier alpha value is -1.39. The van der Waals surface area contributed by atoms with Gasteiger partial charge in [0.2, 0.25) is 5.91 Å². The average Bonchev–Trinajstić information content (AvgIpc) is 3.32. The van der Waals surface area contributed by atoms with Gasteiger partial charge in [-0.3, -0.25) is 4.79 Å². The first-order chi connectivity index (χ1) is 10.00. The molecule has 1 amide bonds. The summed E-state index contributed by atoms with van der Waals surface area (Å²) in [6, 6.07) is 8.20. The summed E-state index contributed by atoms with van der Waals surface area (Å²) in [5, 5.41) is 0. The van der Waals surface area contributed by atoms with Crippen LogP contribution in [-0.4, -0.2) is 36.0 Å². The van der Waals surface area contributed by atoms with Crippen LogP contribution in [0.4, 0.5) is 0 Å². The molecule has 21 heavy (non-hydrogen) atoms. The maximum atomic E-state index is 12.7. The van der Waals surface area contributed by atoms with Crippen LogP contribution in [0.5, 0.6) is 0 Å². The largest absolute Gasteiger partial charge is 0.370 e. The zero-order valence-electron chi connectivity index (χ0n) is 12.8.